The van der Waals surface area contributed by atoms with E-state index in [-0.39, 0.29) is 0 Å². The number of benzene rings is 1. The summed E-state index contributed by atoms with van der Waals surface area (Å²) in [5.74, 6) is 1.02. The molecule has 14 heavy (non-hydrogen) atoms. The van der Waals surface area contributed by atoms with E-state index in [0.29, 0.717) is 10.2 Å². The molecule has 0 saturated carbocycles. The van der Waals surface area contributed by atoms with Crippen molar-refractivity contribution in [1.82, 2.24) is 0 Å². The van der Waals surface area contributed by atoms with Crippen LogP contribution in [0.15, 0.2) is 24.3 Å². The minimum atomic E-state index is 0.474. The van der Waals surface area contributed by atoms with Crippen LogP contribution in [-0.4, -0.2) is 10.2 Å². The smallest absolute Gasteiger partial charge is 0.103 e. The van der Waals surface area contributed by atoms with E-state index < -0.39 is 0 Å². The minimum Gasteiger partial charge on any atom is -0.389 e. The Labute approximate surface area is 95.1 Å². The molecular formula is C11H15NS2. The van der Waals surface area contributed by atoms with E-state index >= 15 is 0 Å². The van der Waals surface area contributed by atoms with Crippen molar-refractivity contribution in [2.24, 2.45) is 5.73 Å². The SMILES string of the molecule is CC(C)SCc1cccc(C(N)=S)c1. The molecule has 0 spiro atoms. The summed E-state index contributed by atoms with van der Waals surface area (Å²) in [5.41, 5.74) is 7.81. The Kier molecular flexibility index (Phi) is 4.42. The van der Waals surface area contributed by atoms with Gasteiger partial charge in [-0.1, -0.05) is 44.3 Å². The molecule has 0 amide bonds. The Hall–Kier alpha value is -0.540. The third kappa shape index (κ3) is 3.68. The van der Waals surface area contributed by atoms with Gasteiger partial charge in [-0.05, 0) is 16.9 Å². The van der Waals surface area contributed by atoms with Gasteiger partial charge in [0.1, 0.15) is 4.99 Å². The van der Waals surface area contributed by atoms with E-state index in [2.05, 4.69) is 26.0 Å². The van der Waals surface area contributed by atoms with Crippen LogP contribution in [0.3, 0.4) is 0 Å². The van der Waals surface area contributed by atoms with E-state index in [1.807, 2.05) is 23.9 Å². The lowest BCUT2D eigenvalue weighted by Gasteiger charge is -2.06. The first-order valence-electron chi connectivity index (χ1n) is 4.60. The zero-order chi connectivity index (χ0) is 10.6. The van der Waals surface area contributed by atoms with Gasteiger partial charge in [0.05, 0.1) is 0 Å². The Morgan fingerprint density at radius 3 is 2.79 bits per heavy atom. The van der Waals surface area contributed by atoms with Crippen LogP contribution >= 0.6 is 24.0 Å². The number of hydrogen-bond acceptors (Lipinski definition) is 2. The highest BCUT2D eigenvalue weighted by atomic mass is 32.2. The van der Waals surface area contributed by atoms with Gasteiger partial charge in [0.2, 0.25) is 0 Å². The van der Waals surface area contributed by atoms with Gasteiger partial charge in [-0.3, -0.25) is 0 Å². The lowest BCUT2D eigenvalue weighted by molar-refractivity contribution is 1.11. The Bertz CT molecular complexity index is 321. The number of rotatable bonds is 4. The summed E-state index contributed by atoms with van der Waals surface area (Å²) in [4.78, 5) is 0.474. The minimum absolute atomic E-state index is 0.474. The average molecular weight is 225 g/mol. The fourth-order valence-electron chi connectivity index (χ4n) is 1.08. The fourth-order valence-corrected chi connectivity index (χ4v) is 1.91. The summed E-state index contributed by atoms with van der Waals surface area (Å²) < 4.78 is 0. The van der Waals surface area contributed by atoms with Crippen LogP contribution in [0.1, 0.15) is 25.0 Å². The highest BCUT2D eigenvalue weighted by molar-refractivity contribution is 7.99. The van der Waals surface area contributed by atoms with Crippen molar-refractivity contribution >= 4 is 29.0 Å². The third-order valence-electron chi connectivity index (χ3n) is 1.79. The quantitative estimate of drug-likeness (QED) is 0.798. The second-order valence-corrected chi connectivity index (χ2v) is 5.43. The van der Waals surface area contributed by atoms with Gasteiger partial charge < -0.3 is 5.73 Å². The Morgan fingerprint density at radius 1 is 1.50 bits per heavy atom. The van der Waals surface area contributed by atoms with Crippen molar-refractivity contribution < 1.29 is 0 Å². The molecule has 0 aliphatic rings. The summed E-state index contributed by atoms with van der Waals surface area (Å²) in [6.45, 7) is 4.39. The van der Waals surface area contributed by atoms with Crippen molar-refractivity contribution in [3.8, 4) is 0 Å². The first kappa shape index (κ1) is 11.5. The summed E-state index contributed by atoms with van der Waals surface area (Å²) >= 11 is 6.85. The maximum absolute atomic E-state index is 5.56. The molecule has 2 N–H and O–H groups in total. The molecule has 0 radical (unpaired) electrons. The van der Waals surface area contributed by atoms with E-state index in [4.69, 9.17) is 18.0 Å². The van der Waals surface area contributed by atoms with E-state index in [1.165, 1.54) is 5.56 Å². The molecular weight excluding hydrogens is 210 g/mol. The molecule has 1 aromatic carbocycles. The van der Waals surface area contributed by atoms with Gasteiger partial charge in [0.25, 0.3) is 0 Å². The topological polar surface area (TPSA) is 26.0 Å². The first-order chi connectivity index (χ1) is 6.59. The van der Waals surface area contributed by atoms with Gasteiger partial charge in [-0.2, -0.15) is 11.8 Å². The summed E-state index contributed by atoms with van der Waals surface area (Å²) in [7, 11) is 0. The predicted molar refractivity (Wildman–Crippen MR) is 68.8 cm³/mol. The highest BCUT2D eigenvalue weighted by Crippen LogP contribution is 2.17. The van der Waals surface area contributed by atoms with Crippen LogP contribution in [0.4, 0.5) is 0 Å². The molecule has 0 aromatic heterocycles. The second-order valence-electron chi connectivity index (χ2n) is 3.42. The maximum atomic E-state index is 5.56. The molecule has 0 fully saturated rings. The predicted octanol–water partition coefficient (Wildman–Crippen LogP) is 2.96. The summed E-state index contributed by atoms with van der Waals surface area (Å²) in [5, 5.41) is 0.656. The summed E-state index contributed by atoms with van der Waals surface area (Å²) in [6, 6.07) is 8.13. The molecule has 0 saturated heterocycles. The number of hydrogen-bond donors (Lipinski definition) is 1. The third-order valence-corrected chi connectivity index (χ3v) is 3.20. The van der Waals surface area contributed by atoms with Crippen molar-refractivity contribution in [1.29, 1.82) is 0 Å². The van der Waals surface area contributed by atoms with Crippen LogP contribution in [-0.2, 0) is 5.75 Å². The zero-order valence-electron chi connectivity index (χ0n) is 8.49. The lowest BCUT2D eigenvalue weighted by atomic mass is 10.1. The zero-order valence-corrected chi connectivity index (χ0v) is 10.1. The largest absolute Gasteiger partial charge is 0.389 e. The molecule has 0 bridgehead atoms. The van der Waals surface area contributed by atoms with Crippen LogP contribution < -0.4 is 5.73 Å². The molecule has 0 atom stereocenters. The standard InChI is InChI=1S/C11H15NS2/c1-8(2)14-7-9-4-3-5-10(6-9)11(12)13/h3-6,8H,7H2,1-2H3,(H2,12,13). The van der Waals surface area contributed by atoms with Crippen LogP contribution in [0.2, 0.25) is 0 Å². The molecule has 1 aromatic rings. The van der Waals surface area contributed by atoms with Gasteiger partial charge in [0.15, 0.2) is 0 Å². The molecule has 0 aliphatic carbocycles. The fraction of sp³-hybridized carbons (Fsp3) is 0.364. The number of nitrogens with two attached hydrogens (primary N) is 1. The van der Waals surface area contributed by atoms with Crippen LogP contribution in [0.25, 0.3) is 0 Å². The second kappa shape index (κ2) is 5.37. The van der Waals surface area contributed by atoms with Gasteiger partial charge >= 0.3 is 0 Å². The molecule has 3 heteroatoms. The lowest BCUT2D eigenvalue weighted by Crippen LogP contribution is -2.09. The first-order valence-corrected chi connectivity index (χ1v) is 6.05. The molecule has 1 nitrogen and oxygen atoms in total. The van der Waals surface area contributed by atoms with Crippen molar-refractivity contribution in [3.63, 3.8) is 0 Å². The maximum Gasteiger partial charge on any atom is 0.103 e. The van der Waals surface area contributed by atoms with Gasteiger partial charge in [-0.25, -0.2) is 0 Å². The van der Waals surface area contributed by atoms with Crippen molar-refractivity contribution in [3.05, 3.63) is 35.4 Å². The molecule has 0 unspecified atom stereocenters. The van der Waals surface area contributed by atoms with Crippen molar-refractivity contribution in [2.45, 2.75) is 24.9 Å². The van der Waals surface area contributed by atoms with Crippen LogP contribution in [0.5, 0.6) is 0 Å². The number of thioether (sulfide) groups is 1. The summed E-state index contributed by atoms with van der Waals surface area (Å²) in [6.07, 6.45) is 0. The average Bonchev–Trinajstić information content (AvgIpc) is 2.15. The van der Waals surface area contributed by atoms with Crippen molar-refractivity contribution in [2.75, 3.05) is 0 Å². The van der Waals surface area contributed by atoms with Crippen LogP contribution in [0, 0.1) is 0 Å². The molecule has 0 heterocycles. The van der Waals surface area contributed by atoms with Gasteiger partial charge in [0, 0.05) is 11.3 Å². The normalized spacial score (nSPS) is 10.5. The van der Waals surface area contributed by atoms with Gasteiger partial charge in [-0.15, -0.1) is 0 Å². The Balaban J connectivity index is 2.69. The molecule has 76 valence electrons. The van der Waals surface area contributed by atoms with E-state index in [0.717, 1.165) is 11.3 Å². The highest BCUT2D eigenvalue weighted by Gasteiger charge is 2.00. The number of thiocarbonyl (C=S) groups is 1. The monoisotopic (exact) mass is 225 g/mol. The van der Waals surface area contributed by atoms with E-state index in [1.54, 1.807) is 0 Å². The van der Waals surface area contributed by atoms with E-state index in [9.17, 15) is 0 Å². The Morgan fingerprint density at radius 2 is 2.21 bits per heavy atom. The molecule has 1 rings (SSSR count). The molecule has 0 aliphatic heterocycles.